The van der Waals surface area contributed by atoms with E-state index in [2.05, 4.69) is 15.6 Å². The molecule has 2 amide bonds. The fourth-order valence-corrected chi connectivity index (χ4v) is 2.40. The summed E-state index contributed by atoms with van der Waals surface area (Å²) in [4.78, 5) is 16.1. The maximum atomic E-state index is 11.9. The van der Waals surface area contributed by atoms with Crippen LogP contribution in [0.15, 0.2) is 42.6 Å². The normalized spacial score (nSPS) is 11.6. The first-order chi connectivity index (χ1) is 11.1. The van der Waals surface area contributed by atoms with Crippen LogP contribution in [0.4, 0.5) is 4.79 Å². The predicted molar refractivity (Wildman–Crippen MR) is 90.9 cm³/mol. The highest BCUT2D eigenvalue weighted by Crippen LogP contribution is 2.22. The third-order valence-electron chi connectivity index (χ3n) is 3.40. The molecule has 0 fully saturated rings. The van der Waals surface area contributed by atoms with Crippen molar-refractivity contribution in [1.82, 2.24) is 15.6 Å². The van der Waals surface area contributed by atoms with Crippen molar-refractivity contribution in [3.05, 3.63) is 58.9 Å². The van der Waals surface area contributed by atoms with E-state index in [1.807, 2.05) is 37.3 Å². The van der Waals surface area contributed by atoms with Crippen molar-refractivity contribution in [2.45, 2.75) is 19.4 Å². The Morgan fingerprint density at radius 3 is 2.87 bits per heavy atom. The van der Waals surface area contributed by atoms with Gasteiger partial charge >= 0.3 is 6.03 Å². The van der Waals surface area contributed by atoms with Crippen LogP contribution < -0.4 is 15.4 Å². The number of hydrogen-bond acceptors (Lipinski definition) is 3. The molecule has 0 spiro atoms. The molecule has 1 aromatic heterocycles. The van der Waals surface area contributed by atoms with E-state index in [0.717, 1.165) is 17.0 Å². The number of pyridine rings is 1. The van der Waals surface area contributed by atoms with Gasteiger partial charge in [-0.3, -0.25) is 4.98 Å². The summed E-state index contributed by atoms with van der Waals surface area (Å²) in [5.74, 6) is 0.762. The largest absolute Gasteiger partial charge is 0.496 e. The minimum atomic E-state index is -0.232. The molecule has 0 aliphatic heterocycles. The Morgan fingerprint density at radius 1 is 1.35 bits per heavy atom. The summed E-state index contributed by atoms with van der Waals surface area (Å²) in [5, 5.41) is 6.33. The van der Waals surface area contributed by atoms with Gasteiger partial charge < -0.3 is 15.4 Å². The Kier molecular flexibility index (Phi) is 6.23. The van der Waals surface area contributed by atoms with Crippen LogP contribution in [-0.2, 0) is 6.42 Å². The standard InChI is InChI=1S/C17H20ClN3O2/c1-12(15-5-3-4-9-19-15)21-17(22)20-10-8-13-11-14(18)6-7-16(13)23-2/h3-7,9,11-12H,8,10H2,1-2H3,(H2,20,21,22)/t12-/m0/s1. The van der Waals surface area contributed by atoms with Crippen LogP contribution in [0.3, 0.4) is 0 Å². The van der Waals surface area contributed by atoms with Gasteiger partial charge in [0.15, 0.2) is 0 Å². The number of carbonyl (C=O) groups is 1. The molecule has 0 saturated heterocycles. The fraction of sp³-hybridized carbons (Fsp3) is 0.294. The number of hydrogen-bond donors (Lipinski definition) is 2. The zero-order valence-electron chi connectivity index (χ0n) is 13.2. The highest BCUT2D eigenvalue weighted by atomic mass is 35.5. The smallest absolute Gasteiger partial charge is 0.315 e. The Labute approximate surface area is 141 Å². The van der Waals surface area contributed by atoms with Crippen LogP contribution >= 0.6 is 11.6 Å². The maximum Gasteiger partial charge on any atom is 0.315 e. The van der Waals surface area contributed by atoms with Crippen molar-refractivity contribution < 1.29 is 9.53 Å². The zero-order valence-corrected chi connectivity index (χ0v) is 13.9. The van der Waals surface area contributed by atoms with Crippen LogP contribution in [0.5, 0.6) is 5.75 Å². The number of rotatable bonds is 6. The van der Waals surface area contributed by atoms with Gasteiger partial charge in [0.05, 0.1) is 18.8 Å². The molecule has 0 bridgehead atoms. The molecule has 0 radical (unpaired) electrons. The predicted octanol–water partition coefficient (Wildman–Crippen LogP) is 3.35. The highest BCUT2D eigenvalue weighted by molar-refractivity contribution is 6.30. The van der Waals surface area contributed by atoms with E-state index in [1.165, 1.54) is 0 Å². The molecule has 0 unspecified atom stereocenters. The minimum absolute atomic E-state index is 0.156. The van der Waals surface area contributed by atoms with Gasteiger partial charge in [-0.2, -0.15) is 0 Å². The van der Waals surface area contributed by atoms with E-state index in [9.17, 15) is 4.79 Å². The Hall–Kier alpha value is -2.27. The van der Waals surface area contributed by atoms with Gasteiger partial charge in [-0.15, -0.1) is 0 Å². The number of halogens is 1. The van der Waals surface area contributed by atoms with Gasteiger partial charge in [0.1, 0.15) is 5.75 Å². The molecular formula is C17H20ClN3O2. The zero-order chi connectivity index (χ0) is 16.7. The summed E-state index contributed by atoms with van der Waals surface area (Å²) in [6, 6.07) is 10.7. The first-order valence-corrected chi connectivity index (χ1v) is 7.75. The molecule has 0 aliphatic carbocycles. The van der Waals surface area contributed by atoms with E-state index < -0.39 is 0 Å². The van der Waals surface area contributed by atoms with Crippen molar-refractivity contribution in [3.8, 4) is 5.75 Å². The monoisotopic (exact) mass is 333 g/mol. The number of aromatic nitrogens is 1. The molecule has 2 aromatic rings. The van der Waals surface area contributed by atoms with Crippen molar-refractivity contribution in [2.75, 3.05) is 13.7 Å². The Balaban J connectivity index is 1.82. The molecule has 2 N–H and O–H groups in total. The fourth-order valence-electron chi connectivity index (χ4n) is 2.21. The van der Waals surface area contributed by atoms with Crippen LogP contribution in [0.25, 0.3) is 0 Å². The van der Waals surface area contributed by atoms with Crippen molar-refractivity contribution in [2.24, 2.45) is 0 Å². The van der Waals surface area contributed by atoms with E-state index in [0.29, 0.717) is 18.0 Å². The van der Waals surface area contributed by atoms with Gasteiger partial charge in [-0.1, -0.05) is 17.7 Å². The van der Waals surface area contributed by atoms with Crippen molar-refractivity contribution >= 4 is 17.6 Å². The lowest BCUT2D eigenvalue weighted by molar-refractivity contribution is 0.238. The van der Waals surface area contributed by atoms with E-state index in [1.54, 1.807) is 19.4 Å². The average molecular weight is 334 g/mol. The van der Waals surface area contributed by atoms with Crippen molar-refractivity contribution in [3.63, 3.8) is 0 Å². The molecule has 122 valence electrons. The lowest BCUT2D eigenvalue weighted by Crippen LogP contribution is -2.38. The maximum absolute atomic E-state index is 11.9. The first kappa shape index (κ1) is 17.1. The van der Waals surface area contributed by atoms with Crippen LogP contribution in [-0.4, -0.2) is 24.7 Å². The third-order valence-corrected chi connectivity index (χ3v) is 3.64. The average Bonchev–Trinajstić information content (AvgIpc) is 2.56. The molecule has 1 heterocycles. The number of benzene rings is 1. The Morgan fingerprint density at radius 2 is 2.17 bits per heavy atom. The summed E-state index contributed by atoms with van der Waals surface area (Å²) in [7, 11) is 1.61. The van der Waals surface area contributed by atoms with E-state index in [4.69, 9.17) is 16.3 Å². The van der Waals surface area contributed by atoms with Crippen LogP contribution in [0.2, 0.25) is 5.02 Å². The molecule has 6 heteroatoms. The van der Waals surface area contributed by atoms with Gasteiger partial charge in [-0.05, 0) is 49.2 Å². The number of nitrogens with one attached hydrogen (secondary N) is 2. The summed E-state index contributed by atoms with van der Waals surface area (Å²) in [5.41, 5.74) is 1.78. The molecule has 1 atom stereocenters. The van der Waals surface area contributed by atoms with E-state index >= 15 is 0 Å². The molecule has 23 heavy (non-hydrogen) atoms. The number of amides is 2. The Bertz CT molecular complexity index is 650. The quantitative estimate of drug-likeness (QED) is 0.852. The molecule has 2 rings (SSSR count). The van der Waals surface area contributed by atoms with Gasteiger partial charge in [0.2, 0.25) is 0 Å². The number of methoxy groups -OCH3 is 1. The highest BCUT2D eigenvalue weighted by Gasteiger charge is 2.10. The van der Waals surface area contributed by atoms with Crippen molar-refractivity contribution in [1.29, 1.82) is 0 Å². The number of carbonyl (C=O) groups excluding carboxylic acids is 1. The second-order valence-corrected chi connectivity index (χ2v) is 5.52. The van der Waals surface area contributed by atoms with Crippen LogP contribution in [0, 0.1) is 0 Å². The lowest BCUT2D eigenvalue weighted by Gasteiger charge is -2.14. The summed E-state index contributed by atoms with van der Waals surface area (Å²) in [6.07, 6.45) is 2.34. The lowest BCUT2D eigenvalue weighted by atomic mass is 10.1. The second-order valence-electron chi connectivity index (χ2n) is 5.08. The number of nitrogens with zero attached hydrogens (tertiary/aromatic N) is 1. The van der Waals surface area contributed by atoms with Gasteiger partial charge in [0.25, 0.3) is 0 Å². The minimum Gasteiger partial charge on any atom is -0.496 e. The van der Waals surface area contributed by atoms with E-state index in [-0.39, 0.29) is 12.1 Å². The molecular weight excluding hydrogens is 314 g/mol. The number of ether oxygens (including phenoxy) is 1. The number of urea groups is 1. The third kappa shape index (κ3) is 5.14. The first-order valence-electron chi connectivity index (χ1n) is 7.38. The molecule has 0 aliphatic rings. The summed E-state index contributed by atoms with van der Waals surface area (Å²) < 4.78 is 5.29. The molecule has 1 aromatic carbocycles. The summed E-state index contributed by atoms with van der Waals surface area (Å²) >= 11 is 5.99. The van der Waals surface area contributed by atoms with Gasteiger partial charge in [-0.25, -0.2) is 4.79 Å². The van der Waals surface area contributed by atoms with Crippen LogP contribution in [0.1, 0.15) is 24.2 Å². The van der Waals surface area contributed by atoms with Gasteiger partial charge in [0, 0.05) is 17.8 Å². The molecule has 5 nitrogen and oxygen atoms in total. The molecule has 0 saturated carbocycles. The SMILES string of the molecule is COc1ccc(Cl)cc1CCNC(=O)N[C@@H](C)c1ccccn1. The summed E-state index contributed by atoms with van der Waals surface area (Å²) in [6.45, 7) is 2.37. The topological polar surface area (TPSA) is 63.2 Å². The second kappa shape index (κ2) is 8.39.